The van der Waals surface area contributed by atoms with E-state index in [9.17, 15) is 9.59 Å². The minimum Gasteiger partial charge on any atom is -0.385 e. The van der Waals surface area contributed by atoms with Crippen LogP contribution in [0.1, 0.15) is 40.0 Å². The molecule has 0 saturated carbocycles. The fraction of sp³-hybridized carbons (Fsp3) is 0.529. The molecule has 2 N–H and O–H groups in total. The predicted molar refractivity (Wildman–Crippen MR) is 86.6 cm³/mol. The molecule has 23 heavy (non-hydrogen) atoms. The SMILES string of the molecule is COCCCNC(=O)c1ccc(C(=O)NCC2CCCO2)cc1. The maximum atomic E-state index is 12.0. The van der Waals surface area contributed by atoms with E-state index >= 15 is 0 Å². The highest BCUT2D eigenvalue weighted by Gasteiger charge is 2.16. The monoisotopic (exact) mass is 320 g/mol. The highest BCUT2D eigenvalue weighted by atomic mass is 16.5. The highest BCUT2D eigenvalue weighted by molar-refractivity contribution is 5.97. The molecule has 6 heteroatoms. The van der Waals surface area contributed by atoms with Gasteiger partial charge in [-0.1, -0.05) is 0 Å². The summed E-state index contributed by atoms with van der Waals surface area (Å²) in [5.74, 6) is -0.292. The van der Waals surface area contributed by atoms with Gasteiger partial charge in [0, 0.05) is 44.5 Å². The molecule has 1 aromatic carbocycles. The number of benzene rings is 1. The number of rotatable bonds is 8. The van der Waals surface area contributed by atoms with E-state index in [0.29, 0.717) is 30.8 Å². The van der Waals surface area contributed by atoms with Crippen molar-refractivity contribution in [3.8, 4) is 0 Å². The van der Waals surface area contributed by atoms with Gasteiger partial charge in [-0.3, -0.25) is 9.59 Å². The summed E-state index contributed by atoms with van der Waals surface area (Å²) in [5.41, 5.74) is 1.08. The second-order valence-electron chi connectivity index (χ2n) is 5.52. The number of ether oxygens (including phenoxy) is 2. The third-order valence-electron chi connectivity index (χ3n) is 3.73. The summed E-state index contributed by atoms with van der Waals surface area (Å²) < 4.78 is 10.4. The summed E-state index contributed by atoms with van der Waals surface area (Å²) in [4.78, 5) is 24.0. The van der Waals surface area contributed by atoms with Crippen molar-refractivity contribution in [3.63, 3.8) is 0 Å². The Morgan fingerprint density at radius 1 is 1.17 bits per heavy atom. The van der Waals surface area contributed by atoms with Gasteiger partial charge < -0.3 is 20.1 Å². The first-order valence-corrected chi connectivity index (χ1v) is 7.97. The fourth-order valence-electron chi connectivity index (χ4n) is 2.41. The number of hydrogen-bond acceptors (Lipinski definition) is 4. The van der Waals surface area contributed by atoms with Gasteiger partial charge >= 0.3 is 0 Å². The van der Waals surface area contributed by atoms with Crippen molar-refractivity contribution in [2.45, 2.75) is 25.4 Å². The van der Waals surface area contributed by atoms with Crippen molar-refractivity contribution in [2.24, 2.45) is 0 Å². The second-order valence-corrected chi connectivity index (χ2v) is 5.52. The molecular formula is C17H24N2O4. The Morgan fingerprint density at radius 3 is 2.39 bits per heavy atom. The number of methoxy groups -OCH3 is 1. The Kier molecular flexibility index (Phi) is 7.03. The summed E-state index contributed by atoms with van der Waals surface area (Å²) in [5, 5.41) is 5.67. The average molecular weight is 320 g/mol. The lowest BCUT2D eigenvalue weighted by Crippen LogP contribution is -2.31. The molecule has 2 rings (SSSR count). The Balaban J connectivity index is 1.78. The molecule has 1 aliphatic heterocycles. The lowest BCUT2D eigenvalue weighted by atomic mass is 10.1. The van der Waals surface area contributed by atoms with E-state index in [4.69, 9.17) is 9.47 Å². The lowest BCUT2D eigenvalue weighted by Gasteiger charge is -2.11. The van der Waals surface area contributed by atoms with Crippen LogP contribution in [0, 0.1) is 0 Å². The van der Waals surface area contributed by atoms with Crippen LogP contribution in [0.5, 0.6) is 0 Å². The second kappa shape index (κ2) is 9.27. The van der Waals surface area contributed by atoms with Gasteiger partial charge in [-0.05, 0) is 43.5 Å². The van der Waals surface area contributed by atoms with Gasteiger partial charge in [0.15, 0.2) is 0 Å². The smallest absolute Gasteiger partial charge is 0.251 e. The summed E-state index contributed by atoms with van der Waals surface area (Å²) in [6, 6.07) is 6.64. The van der Waals surface area contributed by atoms with Crippen LogP contribution in [0.2, 0.25) is 0 Å². The van der Waals surface area contributed by atoms with Crippen molar-refractivity contribution in [3.05, 3.63) is 35.4 Å². The fourth-order valence-corrected chi connectivity index (χ4v) is 2.41. The number of hydrogen-bond donors (Lipinski definition) is 2. The molecule has 0 radical (unpaired) electrons. The van der Waals surface area contributed by atoms with Crippen molar-refractivity contribution < 1.29 is 19.1 Å². The van der Waals surface area contributed by atoms with E-state index in [-0.39, 0.29) is 17.9 Å². The molecule has 0 bridgehead atoms. The van der Waals surface area contributed by atoms with E-state index in [0.717, 1.165) is 25.9 Å². The molecule has 1 aromatic rings. The minimum absolute atomic E-state index is 0.121. The van der Waals surface area contributed by atoms with Crippen molar-refractivity contribution >= 4 is 11.8 Å². The van der Waals surface area contributed by atoms with Gasteiger partial charge in [0.25, 0.3) is 11.8 Å². The van der Waals surface area contributed by atoms with E-state index in [2.05, 4.69) is 10.6 Å². The number of carbonyl (C=O) groups is 2. The normalized spacial score (nSPS) is 17.0. The van der Waals surface area contributed by atoms with E-state index < -0.39 is 0 Å². The largest absolute Gasteiger partial charge is 0.385 e. The minimum atomic E-state index is -0.146. The molecule has 1 heterocycles. The first kappa shape index (κ1) is 17.4. The van der Waals surface area contributed by atoms with Gasteiger partial charge in [0.1, 0.15) is 0 Å². The zero-order valence-corrected chi connectivity index (χ0v) is 13.5. The zero-order chi connectivity index (χ0) is 16.5. The molecule has 2 amide bonds. The Hall–Kier alpha value is -1.92. The van der Waals surface area contributed by atoms with Gasteiger partial charge in [-0.2, -0.15) is 0 Å². The van der Waals surface area contributed by atoms with Crippen LogP contribution < -0.4 is 10.6 Å². The molecular weight excluding hydrogens is 296 g/mol. The molecule has 0 spiro atoms. The average Bonchev–Trinajstić information content (AvgIpc) is 3.10. The molecule has 0 aromatic heterocycles. The summed E-state index contributed by atoms with van der Waals surface area (Å²) in [6.07, 6.45) is 2.93. The quantitative estimate of drug-likeness (QED) is 0.709. The van der Waals surface area contributed by atoms with Crippen molar-refractivity contribution in [2.75, 3.05) is 33.4 Å². The first-order valence-electron chi connectivity index (χ1n) is 7.97. The number of carbonyl (C=O) groups excluding carboxylic acids is 2. The Bertz CT molecular complexity index is 510. The molecule has 1 atom stereocenters. The summed E-state index contributed by atoms with van der Waals surface area (Å²) in [7, 11) is 1.63. The van der Waals surface area contributed by atoms with Crippen molar-refractivity contribution in [1.82, 2.24) is 10.6 Å². The van der Waals surface area contributed by atoms with Crippen LogP contribution in [0.4, 0.5) is 0 Å². The van der Waals surface area contributed by atoms with E-state index in [1.54, 1.807) is 31.4 Å². The van der Waals surface area contributed by atoms with Gasteiger partial charge in [-0.15, -0.1) is 0 Å². The lowest BCUT2D eigenvalue weighted by molar-refractivity contribution is 0.0857. The van der Waals surface area contributed by atoms with Crippen molar-refractivity contribution in [1.29, 1.82) is 0 Å². The van der Waals surface area contributed by atoms with Crippen LogP contribution in [0.15, 0.2) is 24.3 Å². The summed E-state index contributed by atoms with van der Waals surface area (Å²) >= 11 is 0. The molecule has 6 nitrogen and oxygen atoms in total. The van der Waals surface area contributed by atoms with Gasteiger partial charge in [-0.25, -0.2) is 0 Å². The van der Waals surface area contributed by atoms with Crippen LogP contribution in [-0.4, -0.2) is 51.3 Å². The third-order valence-corrected chi connectivity index (χ3v) is 3.73. The standard InChI is InChI=1S/C17H24N2O4/c1-22-10-3-9-18-16(20)13-5-7-14(8-6-13)17(21)19-12-15-4-2-11-23-15/h5-8,15H,2-4,9-12H2,1H3,(H,18,20)(H,19,21). The van der Waals surface area contributed by atoms with Crippen LogP contribution in [0.3, 0.4) is 0 Å². The molecule has 0 aliphatic carbocycles. The third kappa shape index (κ3) is 5.65. The maximum Gasteiger partial charge on any atom is 0.251 e. The zero-order valence-electron chi connectivity index (χ0n) is 13.5. The van der Waals surface area contributed by atoms with E-state index in [1.807, 2.05) is 0 Å². The topological polar surface area (TPSA) is 76.7 Å². The summed E-state index contributed by atoms with van der Waals surface area (Å²) in [6.45, 7) is 2.48. The number of amides is 2. The number of nitrogens with one attached hydrogen (secondary N) is 2. The van der Waals surface area contributed by atoms with Gasteiger partial charge in [0.2, 0.25) is 0 Å². The molecule has 1 aliphatic rings. The van der Waals surface area contributed by atoms with Crippen LogP contribution in [-0.2, 0) is 9.47 Å². The van der Waals surface area contributed by atoms with Crippen LogP contribution in [0.25, 0.3) is 0 Å². The molecule has 1 saturated heterocycles. The van der Waals surface area contributed by atoms with E-state index in [1.165, 1.54) is 0 Å². The maximum absolute atomic E-state index is 12.0. The Labute approximate surface area is 136 Å². The molecule has 1 unspecified atom stereocenters. The Morgan fingerprint density at radius 2 is 1.83 bits per heavy atom. The van der Waals surface area contributed by atoms with Gasteiger partial charge in [0.05, 0.1) is 6.10 Å². The first-order chi connectivity index (χ1) is 11.2. The van der Waals surface area contributed by atoms with Crippen LogP contribution >= 0.6 is 0 Å². The molecule has 126 valence electrons. The molecule has 1 fully saturated rings. The highest BCUT2D eigenvalue weighted by Crippen LogP contribution is 2.11. The predicted octanol–water partition coefficient (Wildman–Crippen LogP) is 1.36.